The van der Waals surface area contributed by atoms with Gasteiger partial charge in [-0.15, -0.1) is 0 Å². The molecular weight excluding hydrogens is 302 g/mol. The lowest BCUT2D eigenvalue weighted by Crippen LogP contribution is -2.31. The van der Waals surface area contributed by atoms with Crippen LogP contribution in [0, 0.1) is 10.1 Å². The van der Waals surface area contributed by atoms with Gasteiger partial charge in [-0.2, -0.15) is 0 Å². The highest BCUT2D eigenvalue weighted by molar-refractivity contribution is 9.10. The van der Waals surface area contributed by atoms with Gasteiger partial charge in [-0.05, 0) is 12.6 Å². The van der Waals surface area contributed by atoms with E-state index in [2.05, 4.69) is 26.6 Å². The van der Waals surface area contributed by atoms with Crippen LogP contribution in [0.2, 0.25) is 0 Å². The minimum absolute atomic E-state index is 0.00113. The average molecular weight is 316 g/mol. The Balaban J connectivity index is 2.62. The molecule has 0 spiro atoms. The highest BCUT2D eigenvalue weighted by atomic mass is 79.9. The molecule has 1 rings (SSSR count). The topological polar surface area (TPSA) is 84.3 Å². The van der Waals surface area contributed by atoms with Gasteiger partial charge in [0.15, 0.2) is 0 Å². The molecule has 2 N–H and O–H groups in total. The van der Waals surface area contributed by atoms with E-state index in [0.29, 0.717) is 17.6 Å². The summed E-state index contributed by atoms with van der Waals surface area (Å²) in [5, 5.41) is 16.2. The number of likely N-dealkylation sites (N-methyl/N-ethyl adjacent to an activating group) is 1. The number of rotatable bonds is 6. The summed E-state index contributed by atoms with van der Waals surface area (Å²) in [6.07, 6.45) is 0.197. The van der Waals surface area contributed by atoms with Gasteiger partial charge in [-0.25, -0.2) is 0 Å². The number of benzene rings is 1. The lowest BCUT2D eigenvalue weighted by Gasteiger charge is -2.06. The van der Waals surface area contributed by atoms with Crippen molar-refractivity contribution >= 4 is 27.5 Å². The Kier molecular flexibility index (Phi) is 5.73. The molecule has 0 bridgehead atoms. The Morgan fingerprint density at radius 3 is 2.72 bits per heavy atom. The van der Waals surface area contributed by atoms with E-state index in [1.54, 1.807) is 13.1 Å². The summed E-state index contributed by atoms with van der Waals surface area (Å²) in [5.74, 6) is -0.111. The predicted octanol–water partition coefficient (Wildman–Crippen LogP) is 1.24. The number of carbonyl (C=O) groups is 1. The number of halogens is 1. The third kappa shape index (κ3) is 4.42. The maximum Gasteiger partial charge on any atom is 0.270 e. The van der Waals surface area contributed by atoms with Crippen molar-refractivity contribution in [3.05, 3.63) is 38.3 Å². The second-order valence-corrected chi connectivity index (χ2v) is 4.52. The normalized spacial score (nSPS) is 10.1. The fourth-order valence-corrected chi connectivity index (χ4v) is 1.86. The highest BCUT2D eigenvalue weighted by Crippen LogP contribution is 2.23. The van der Waals surface area contributed by atoms with E-state index in [1.807, 2.05) is 0 Å². The first-order valence-corrected chi connectivity index (χ1v) is 6.18. The van der Waals surface area contributed by atoms with E-state index in [9.17, 15) is 14.9 Å². The van der Waals surface area contributed by atoms with Gasteiger partial charge in [0, 0.05) is 29.7 Å². The number of amides is 1. The first-order valence-electron chi connectivity index (χ1n) is 5.38. The number of nitro benzene ring substituents is 1. The van der Waals surface area contributed by atoms with Crippen molar-refractivity contribution in [1.29, 1.82) is 0 Å². The molecule has 0 unspecified atom stereocenters. The minimum atomic E-state index is -0.471. The van der Waals surface area contributed by atoms with Gasteiger partial charge in [0.25, 0.3) is 5.69 Å². The second-order valence-electron chi connectivity index (χ2n) is 3.66. The third-order valence-electron chi connectivity index (χ3n) is 2.30. The summed E-state index contributed by atoms with van der Waals surface area (Å²) in [6.45, 7) is 1.26. The SMILES string of the molecule is CNCCNC(=O)Cc1ccc([N+](=O)[O-])cc1Br. The summed E-state index contributed by atoms with van der Waals surface area (Å²) in [4.78, 5) is 21.7. The zero-order chi connectivity index (χ0) is 13.5. The van der Waals surface area contributed by atoms with E-state index >= 15 is 0 Å². The molecule has 0 fully saturated rings. The zero-order valence-corrected chi connectivity index (χ0v) is 11.5. The number of non-ortho nitro benzene ring substituents is 1. The predicted molar refractivity (Wildman–Crippen MR) is 71.4 cm³/mol. The fraction of sp³-hybridized carbons (Fsp3) is 0.364. The summed E-state index contributed by atoms with van der Waals surface area (Å²) in [5.41, 5.74) is 0.726. The number of hydrogen-bond donors (Lipinski definition) is 2. The van der Waals surface area contributed by atoms with E-state index in [1.165, 1.54) is 12.1 Å². The molecule has 7 heteroatoms. The smallest absolute Gasteiger partial charge is 0.270 e. The quantitative estimate of drug-likeness (QED) is 0.470. The Bertz CT molecular complexity index is 451. The monoisotopic (exact) mass is 315 g/mol. The fourth-order valence-electron chi connectivity index (χ4n) is 1.36. The third-order valence-corrected chi connectivity index (χ3v) is 3.03. The van der Waals surface area contributed by atoms with Gasteiger partial charge in [0.1, 0.15) is 0 Å². The van der Waals surface area contributed by atoms with Crippen LogP contribution in [0.15, 0.2) is 22.7 Å². The molecule has 18 heavy (non-hydrogen) atoms. The molecule has 0 atom stereocenters. The van der Waals surface area contributed by atoms with Crippen molar-refractivity contribution in [3.63, 3.8) is 0 Å². The zero-order valence-electron chi connectivity index (χ0n) is 9.90. The van der Waals surface area contributed by atoms with Crippen LogP contribution in [-0.2, 0) is 11.2 Å². The highest BCUT2D eigenvalue weighted by Gasteiger charge is 2.11. The summed E-state index contributed by atoms with van der Waals surface area (Å²) >= 11 is 3.23. The molecule has 1 amide bonds. The van der Waals surface area contributed by atoms with E-state index in [0.717, 1.165) is 5.56 Å². The van der Waals surface area contributed by atoms with Crippen LogP contribution in [0.3, 0.4) is 0 Å². The molecule has 0 heterocycles. The van der Waals surface area contributed by atoms with Crippen LogP contribution in [-0.4, -0.2) is 31.0 Å². The number of hydrogen-bond acceptors (Lipinski definition) is 4. The van der Waals surface area contributed by atoms with E-state index in [-0.39, 0.29) is 18.0 Å². The summed E-state index contributed by atoms with van der Waals surface area (Å²) < 4.78 is 0.570. The van der Waals surface area contributed by atoms with Gasteiger partial charge in [0.05, 0.1) is 11.3 Å². The molecule has 0 aromatic heterocycles. The van der Waals surface area contributed by atoms with Crippen molar-refractivity contribution in [3.8, 4) is 0 Å². The maximum absolute atomic E-state index is 11.6. The maximum atomic E-state index is 11.6. The molecule has 0 aliphatic carbocycles. The van der Waals surface area contributed by atoms with Crippen LogP contribution in [0.5, 0.6) is 0 Å². The Morgan fingerprint density at radius 2 is 2.17 bits per heavy atom. The molecule has 0 saturated heterocycles. The molecule has 1 aromatic carbocycles. The lowest BCUT2D eigenvalue weighted by atomic mass is 10.1. The van der Waals surface area contributed by atoms with Gasteiger partial charge >= 0.3 is 0 Å². The van der Waals surface area contributed by atoms with Crippen LogP contribution < -0.4 is 10.6 Å². The van der Waals surface area contributed by atoms with Gasteiger partial charge in [0.2, 0.25) is 5.91 Å². The number of carbonyl (C=O) groups excluding carboxylic acids is 1. The van der Waals surface area contributed by atoms with Crippen LogP contribution >= 0.6 is 15.9 Å². The second kappa shape index (κ2) is 7.07. The molecule has 1 aromatic rings. The Labute approximate surface area is 113 Å². The number of nitrogens with one attached hydrogen (secondary N) is 2. The molecule has 98 valence electrons. The average Bonchev–Trinajstić information content (AvgIpc) is 2.32. The van der Waals surface area contributed by atoms with Crippen molar-refractivity contribution in [2.24, 2.45) is 0 Å². The van der Waals surface area contributed by atoms with Crippen molar-refractivity contribution < 1.29 is 9.72 Å². The first-order chi connectivity index (χ1) is 8.54. The Hall–Kier alpha value is -1.47. The largest absolute Gasteiger partial charge is 0.355 e. The van der Waals surface area contributed by atoms with Crippen LogP contribution in [0.25, 0.3) is 0 Å². The van der Waals surface area contributed by atoms with Gasteiger partial charge < -0.3 is 10.6 Å². The first kappa shape index (κ1) is 14.6. The van der Waals surface area contributed by atoms with Crippen LogP contribution in [0.4, 0.5) is 5.69 Å². The van der Waals surface area contributed by atoms with Crippen molar-refractivity contribution in [1.82, 2.24) is 10.6 Å². The molecule has 0 radical (unpaired) electrons. The van der Waals surface area contributed by atoms with Crippen molar-refractivity contribution in [2.45, 2.75) is 6.42 Å². The van der Waals surface area contributed by atoms with Crippen LogP contribution in [0.1, 0.15) is 5.56 Å². The standard InChI is InChI=1S/C11H14BrN3O3/c1-13-4-5-14-11(16)6-8-2-3-9(15(17)18)7-10(8)12/h2-3,7,13H,4-6H2,1H3,(H,14,16). The number of nitro groups is 1. The van der Waals surface area contributed by atoms with Gasteiger partial charge in [-0.3, -0.25) is 14.9 Å². The molecule has 0 aliphatic rings. The van der Waals surface area contributed by atoms with E-state index < -0.39 is 4.92 Å². The molecule has 0 saturated carbocycles. The molecule has 6 nitrogen and oxygen atoms in total. The summed E-state index contributed by atoms with van der Waals surface area (Å²) in [6, 6.07) is 4.37. The minimum Gasteiger partial charge on any atom is -0.355 e. The van der Waals surface area contributed by atoms with Gasteiger partial charge in [-0.1, -0.05) is 22.0 Å². The lowest BCUT2D eigenvalue weighted by molar-refractivity contribution is -0.384. The summed E-state index contributed by atoms with van der Waals surface area (Å²) in [7, 11) is 1.80. The molecule has 0 aliphatic heterocycles. The number of nitrogens with zero attached hydrogens (tertiary/aromatic N) is 1. The Morgan fingerprint density at radius 1 is 1.44 bits per heavy atom. The van der Waals surface area contributed by atoms with E-state index in [4.69, 9.17) is 0 Å². The van der Waals surface area contributed by atoms with Crippen molar-refractivity contribution in [2.75, 3.05) is 20.1 Å². The molecular formula is C11H14BrN3O3.